The number of hydrogen-bond donors (Lipinski definition) is 0. The molecule has 3 rings (SSSR count). The number of fused-ring (bicyclic) bond motifs is 3. The Hall–Kier alpha value is -2.11. The first-order valence-corrected chi connectivity index (χ1v) is 4.86. The predicted molar refractivity (Wildman–Crippen MR) is 55.5 cm³/mol. The van der Waals surface area contributed by atoms with Gasteiger partial charge in [0, 0.05) is 17.8 Å². The maximum Gasteiger partial charge on any atom is 0.433 e. The molecule has 86 valence electrons. The normalized spacial score (nSPS) is 12.4. The number of hydrogen-bond acceptors (Lipinski definition) is 2. The monoisotopic (exact) mass is 237 g/mol. The molecule has 0 saturated heterocycles. The van der Waals surface area contributed by atoms with Crippen LogP contribution in [0.15, 0.2) is 36.7 Å². The second kappa shape index (κ2) is 3.19. The Bertz CT molecular complexity index is 700. The Morgan fingerprint density at radius 3 is 2.59 bits per heavy atom. The van der Waals surface area contributed by atoms with E-state index in [-0.39, 0.29) is 5.65 Å². The van der Waals surface area contributed by atoms with Crippen LogP contribution in [-0.4, -0.2) is 14.4 Å². The predicted octanol–water partition coefficient (Wildman–Crippen LogP) is 2.90. The average Bonchev–Trinajstić information content (AvgIpc) is 2.75. The summed E-state index contributed by atoms with van der Waals surface area (Å²) in [4.78, 5) is 7.65. The number of aromatic nitrogens is 3. The highest BCUT2D eigenvalue weighted by atomic mass is 19.4. The number of alkyl halides is 3. The van der Waals surface area contributed by atoms with Gasteiger partial charge in [0.2, 0.25) is 0 Å². The molecule has 0 bridgehead atoms. The molecule has 0 spiro atoms. The van der Waals surface area contributed by atoms with Crippen LogP contribution in [0.3, 0.4) is 0 Å². The minimum atomic E-state index is -4.43. The number of rotatable bonds is 0. The van der Waals surface area contributed by atoms with Crippen LogP contribution in [-0.2, 0) is 6.18 Å². The van der Waals surface area contributed by atoms with E-state index >= 15 is 0 Å². The lowest BCUT2D eigenvalue weighted by Crippen LogP contribution is -2.08. The van der Waals surface area contributed by atoms with Gasteiger partial charge in [-0.2, -0.15) is 13.2 Å². The molecule has 6 heteroatoms. The van der Waals surface area contributed by atoms with E-state index in [9.17, 15) is 13.2 Å². The van der Waals surface area contributed by atoms with E-state index in [4.69, 9.17) is 0 Å². The molecule has 0 aliphatic rings. The van der Waals surface area contributed by atoms with Crippen LogP contribution in [0, 0.1) is 0 Å². The number of imidazole rings is 1. The number of nitrogens with zero attached hydrogens (tertiary/aromatic N) is 3. The molecule has 0 aromatic carbocycles. The van der Waals surface area contributed by atoms with E-state index in [1.54, 1.807) is 18.3 Å². The zero-order valence-corrected chi connectivity index (χ0v) is 8.44. The molecule has 0 saturated carbocycles. The Balaban J connectivity index is 2.40. The highest BCUT2D eigenvalue weighted by molar-refractivity contribution is 5.78. The second-order valence-electron chi connectivity index (χ2n) is 3.60. The SMILES string of the molecule is FC(F)(F)c1ccc2ccc3nccn3c2n1. The molecule has 0 fully saturated rings. The minimum absolute atomic E-state index is 0.259. The molecule has 17 heavy (non-hydrogen) atoms. The van der Waals surface area contributed by atoms with Crippen LogP contribution in [0.5, 0.6) is 0 Å². The summed E-state index contributed by atoms with van der Waals surface area (Å²) in [6, 6.07) is 5.82. The van der Waals surface area contributed by atoms with Crippen molar-refractivity contribution in [2.75, 3.05) is 0 Å². The van der Waals surface area contributed by atoms with Crippen molar-refractivity contribution in [3.8, 4) is 0 Å². The van der Waals surface area contributed by atoms with Gasteiger partial charge in [-0.25, -0.2) is 9.97 Å². The molecule has 0 aliphatic heterocycles. The van der Waals surface area contributed by atoms with E-state index in [0.29, 0.717) is 11.0 Å². The molecule has 0 atom stereocenters. The van der Waals surface area contributed by atoms with Crippen molar-refractivity contribution >= 4 is 16.7 Å². The van der Waals surface area contributed by atoms with Gasteiger partial charge in [0.15, 0.2) is 0 Å². The fraction of sp³-hybridized carbons (Fsp3) is 0.0909. The minimum Gasteiger partial charge on any atom is -0.284 e. The number of halogens is 3. The van der Waals surface area contributed by atoms with Crippen LogP contribution >= 0.6 is 0 Å². The summed E-state index contributed by atoms with van der Waals surface area (Å²) < 4.78 is 39.2. The fourth-order valence-corrected chi connectivity index (χ4v) is 1.72. The molecule has 0 radical (unpaired) electrons. The maximum absolute atomic E-state index is 12.6. The summed E-state index contributed by atoms with van der Waals surface area (Å²) >= 11 is 0. The quantitative estimate of drug-likeness (QED) is 0.601. The number of pyridine rings is 2. The van der Waals surface area contributed by atoms with Crippen molar-refractivity contribution in [2.45, 2.75) is 6.18 Å². The van der Waals surface area contributed by atoms with Gasteiger partial charge >= 0.3 is 6.18 Å². The largest absolute Gasteiger partial charge is 0.433 e. The van der Waals surface area contributed by atoms with Crippen LogP contribution in [0.1, 0.15) is 5.69 Å². The smallest absolute Gasteiger partial charge is 0.284 e. The van der Waals surface area contributed by atoms with Gasteiger partial charge in [0.25, 0.3) is 0 Å². The first-order valence-electron chi connectivity index (χ1n) is 4.86. The van der Waals surface area contributed by atoms with Crippen molar-refractivity contribution in [3.63, 3.8) is 0 Å². The first kappa shape index (κ1) is 10.1. The van der Waals surface area contributed by atoms with Crippen LogP contribution in [0.25, 0.3) is 16.7 Å². The van der Waals surface area contributed by atoms with Gasteiger partial charge in [-0.1, -0.05) is 0 Å². The van der Waals surface area contributed by atoms with Crippen LogP contribution in [0.2, 0.25) is 0 Å². The van der Waals surface area contributed by atoms with Gasteiger partial charge in [-0.15, -0.1) is 0 Å². The average molecular weight is 237 g/mol. The third-order valence-electron chi connectivity index (χ3n) is 2.51. The van der Waals surface area contributed by atoms with E-state index in [0.717, 1.165) is 6.07 Å². The van der Waals surface area contributed by atoms with E-state index < -0.39 is 11.9 Å². The van der Waals surface area contributed by atoms with Crippen LogP contribution < -0.4 is 0 Å². The van der Waals surface area contributed by atoms with Gasteiger partial charge in [-0.3, -0.25) is 4.40 Å². The molecule has 3 nitrogen and oxygen atoms in total. The Kier molecular flexibility index (Phi) is 1.89. The molecule has 3 heterocycles. The summed E-state index contributed by atoms with van der Waals surface area (Å²) in [7, 11) is 0. The molecule has 0 aliphatic carbocycles. The molecule has 3 aromatic rings. The first-order chi connectivity index (χ1) is 8.05. The van der Waals surface area contributed by atoms with Gasteiger partial charge in [0.05, 0.1) is 0 Å². The summed E-state index contributed by atoms with van der Waals surface area (Å²) in [5, 5.41) is 0.642. The van der Waals surface area contributed by atoms with Gasteiger partial charge < -0.3 is 0 Å². The third-order valence-corrected chi connectivity index (χ3v) is 2.51. The Morgan fingerprint density at radius 1 is 1.06 bits per heavy atom. The molecule has 0 unspecified atom stereocenters. The molecule has 3 aromatic heterocycles. The highest BCUT2D eigenvalue weighted by Gasteiger charge is 2.32. The maximum atomic E-state index is 12.6. The zero-order valence-electron chi connectivity index (χ0n) is 8.44. The second-order valence-corrected chi connectivity index (χ2v) is 3.60. The van der Waals surface area contributed by atoms with Gasteiger partial charge in [-0.05, 0) is 24.3 Å². The fourth-order valence-electron chi connectivity index (χ4n) is 1.72. The van der Waals surface area contributed by atoms with Crippen molar-refractivity contribution in [1.82, 2.24) is 14.4 Å². The zero-order chi connectivity index (χ0) is 12.0. The van der Waals surface area contributed by atoms with Crippen molar-refractivity contribution in [1.29, 1.82) is 0 Å². The van der Waals surface area contributed by atoms with Crippen molar-refractivity contribution < 1.29 is 13.2 Å². The standard InChI is InChI=1S/C11H6F3N3/c12-11(13,14)8-3-1-7-2-4-9-15-5-6-17(9)10(7)16-8/h1-6H. The molecular weight excluding hydrogens is 231 g/mol. The van der Waals surface area contributed by atoms with Gasteiger partial charge in [0.1, 0.15) is 17.0 Å². The summed E-state index contributed by atoms with van der Waals surface area (Å²) in [6.07, 6.45) is -1.32. The lowest BCUT2D eigenvalue weighted by molar-refractivity contribution is -0.141. The lowest BCUT2D eigenvalue weighted by atomic mass is 10.2. The van der Waals surface area contributed by atoms with Crippen molar-refractivity contribution in [3.05, 3.63) is 42.4 Å². The van der Waals surface area contributed by atoms with E-state index in [2.05, 4.69) is 9.97 Å². The lowest BCUT2D eigenvalue weighted by Gasteiger charge is -2.07. The summed E-state index contributed by atoms with van der Waals surface area (Å²) in [6.45, 7) is 0. The van der Waals surface area contributed by atoms with E-state index in [1.165, 1.54) is 16.7 Å². The third kappa shape index (κ3) is 1.52. The Labute approximate surface area is 93.5 Å². The Morgan fingerprint density at radius 2 is 1.82 bits per heavy atom. The highest BCUT2D eigenvalue weighted by Crippen LogP contribution is 2.29. The molecule has 0 amide bonds. The van der Waals surface area contributed by atoms with E-state index in [1.807, 2.05) is 0 Å². The van der Waals surface area contributed by atoms with Crippen molar-refractivity contribution in [2.24, 2.45) is 0 Å². The molecule has 0 N–H and O–H groups in total. The summed E-state index contributed by atoms with van der Waals surface area (Å²) in [5.74, 6) is 0. The topological polar surface area (TPSA) is 30.2 Å². The van der Waals surface area contributed by atoms with Crippen LogP contribution in [0.4, 0.5) is 13.2 Å². The summed E-state index contributed by atoms with van der Waals surface area (Å²) in [5.41, 5.74) is -0.0645. The molecular formula is C11H6F3N3.